The van der Waals surface area contributed by atoms with Crippen molar-refractivity contribution in [2.24, 2.45) is 28.9 Å². The smallest absolute Gasteiger partial charge is 0.0139 e. The third-order valence-electron chi connectivity index (χ3n) is 6.44. The van der Waals surface area contributed by atoms with Crippen LogP contribution >= 0.6 is 0 Å². The summed E-state index contributed by atoms with van der Waals surface area (Å²) in [4.78, 5) is 0. The molecule has 1 fully saturated rings. The van der Waals surface area contributed by atoms with Gasteiger partial charge in [0.2, 0.25) is 0 Å². The van der Waals surface area contributed by atoms with Crippen LogP contribution in [-0.2, 0) is 0 Å². The number of nitrogens with two attached hydrogens (primary N) is 1. The zero-order valence-electron chi connectivity index (χ0n) is 19.2. The monoisotopic (exact) mass is 373 g/mol. The first-order valence-electron chi connectivity index (χ1n) is 11.4. The minimum Gasteiger partial charge on any atom is -0.327 e. The molecule has 2 atom stereocenters. The van der Waals surface area contributed by atoms with Crippen molar-refractivity contribution < 1.29 is 0 Å². The van der Waals surface area contributed by atoms with Crippen molar-refractivity contribution in [2.75, 3.05) is 6.54 Å². The van der Waals surface area contributed by atoms with Gasteiger partial charge in [-0.15, -0.1) is 0 Å². The average Bonchev–Trinajstić information content (AvgIpc) is 3.41. The zero-order valence-corrected chi connectivity index (χ0v) is 19.2. The SMILES string of the molecule is C=C(C)/C=C(/CCC1CC1)C(C)(C)CC(C)CCC(CCC)/C(=C/C)CN. The maximum atomic E-state index is 5.99. The molecule has 0 amide bonds. The average molecular weight is 374 g/mol. The van der Waals surface area contributed by atoms with E-state index in [0.29, 0.717) is 12.5 Å². The molecule has 1 nitrogen and oxygen atoms in total. The van der Waals surface area contributed by atoms with Gasteiger partial charge in [0.1, 0.15) is 0 Å². The van der Waals surface area contributed by atoms with Crippen LogP contribution in [-0.4, -0.2) is 6.54 Å². The van der Waals surface area contributed by atoms with E-state index in [4.69, 9.17) is 5.73 Å². The number of rotatable bonds is 14. The molecule has 27 heavy (non-hydrogen) atoms. The van der Waals surface area contributed by atoms with Gasteiger partial charge in [0.25, 0.3) is 0 Å². The van der Waals surface area contributed by atoms with Gasteiger partial charge in [-0.2, -0.15) is 0 Å². The molecule has 0 aromatic heterocycles. The van der Waals surface area contributed by atoms with Gasteiger partial charge in [-0.1, -0.05) is 88.8 Å². The third kappa shape index (κ3) is 9.28. The van der Waals surface area contributed by atoms with Gasteiger partial charge in [0.05, 0.1) is 0 Å². The molecule has 0 aromatic carbocycles. The second kappa shape index (κ2) is 11.9. The molecular formula is C26H47N. The van der Waals surface area contributed by atoms with Crippen LogP contribution in [0.2, 0.25) is 0 Å². The van der Waals surface area contributed by atoms with E-state index in [2.05, 4.69) is 60.3 Å². The highest BCUT2D eigenvalue weighted by molar-refractivity contribution is 5.24. The van der Waals surface area contributed by atoms with E-state index >= 15 is 0 Å². The maximum Gasteiger partial charge on any atom is 0.0139 e. The standard InChI is InChI=1S/C26H47N/c1-8-10-24(23(9-2)19-27)15-11-21(5)18-26(6,7)25(17-20(3)4)16-14-22-12-13-22/h9,17,21-22,24H,3,8,10-16,18-19,27H2,1-2,4-7H3/b23-9+,25-17-. The molecular weight excluding hydrogens is 326 g/mol. The molecule has 0 spiro atoms. The predicted molar refractivity (Wildman–Crippen MR) is 123 cm³/mol. The summed E-state index contributed by atoms with van der Waals surface area (Å²) in [7, 11) is 0. The Bertz CT molecular complexity index is 504. The summed E-state index contributed by atoms with van der Waals surface area (Å²) in [6.45, 7) is 18.8. The number of hydrogen-bond acceptors (Lipinski definition) is 1. The highest BCUT2D eigenvalue weighted by atomic mass is 14.5. The van der Waals surface area contributed by atoms with Crippen molar-refractivity contribution in [3.05, 3.63) is 35.5 Å². The van der Waals surface area contributed by atoms with Crippen molar-refractivity contribution in [3.63, 3.8) is 0 Å². The second-order valence-electron chi connectivity index (χ2n) is 9.82. The fourth-order valence-corrected chi connectivity index (χ4v) is 4.64. The Balaban J connectivity index is 2.66. The number of allylic oxidation sites excluding steroid dienone is 4. The topological polar surface area (TPSA) is 26.0 Å². The molecule has 0 radical (unpaired) electrons. The largest absolute Gasteiger partial charge is 0.327 e. The molecule has 1 aliphatic carbocycles. The van der Waals surface area contributed by atoms with E-state index < -0.39 is 0 Å². The fourth-order valence-electron chi connectivity index (χ4n) is 4.64. The highest BCUT2D eigenvalue weighted by Gasteiger charge is 2.28. The number of hydrogen-bond donors (Lipinski definition) is 1. The fraction of sp³-hybridized carbons (Fsp3) is 0.769. The zero-order chi connectivity index (χ0) is 20.4. The molecule has 0 heterocycles. The second-order valence-corrected chi connectivity index (χ2v) is 9.82. The molecule has 1 saturated carbocycles. The van der Waals surface area contributed by atoms with Crippen molar-refractivity contribution in [1.82, 2.24) is 0 Å². The first-order valence-corrected chi connectivity index (χ1v) is 11.4. The molecule has 0 bridgehead atoms. The van der Waals surface area contributed by atoms with Gasteiger partial charge < -0.3 is 5.73 Å². The van der Waals surface area contributed by atoms with Gasteiger partial charge in [-0.3, -0.25) is 0 Å². The molecule has 156 valence electrons. The Kier molecular flexibility index (Phi) is 10.7. The van der Waals surface area contributed by atoms with E-state index in [0.717, 1.165) is 11.8 Å². The van der Waals surface area contributed by atoms with E-state index in [1.165, 1.54) is 68.9 Å². The third-order valence-corrected chi connectivity index (χ3v) is 6.44. The van der Waals surface area contributed by atoms with Crippen LogP contribution in [0.3, 0.4) is 0 Å². The summed E-state index contributed by atoms with van der Waals surface area (Å²) in [5.74, 6) is 2.41. The maximum absolute atomic E-state index is 5.99. The normalized spacial score (nSPS) is 18.5. The van der Waals surface area contributed by atoms with E-state index in [9.17, 15) is 0 Å². The summed E-state index contributed by atoms with van der Waals surface area (Å²) >= 11 is 0. The van der Waals surface area contributed by atoms with Crippen LogP contribution in [0.15, 0.2) is 35.5 Å². The van der Waals surface area contributed by atoms with Crippen LogP contribution in [0.4, 0.5) is 0 Å². The van der Waals surface area contributed by atoms with E-state index in [-0.39, 0.29) is 5.41 Å². The van der Waals surface area contributed by atoms with Crippen molar-refractivity contribution in [1.29, 1.82) is 0 Å². The van der Waals surface area contributed by atoms with Gasteiger partial charge in [-0.25, -0.2) is 0 Å². The van der Waals surface area contributed by atoms with Gasteiger partial charge in [0, 0.05) is 6.54 Å². The Hall–Kier alpha value is -0.820. The van der Waals surface area contributed by atoms with Crippen LogP contribution in [0.25, 0.3) is 0 Å². The molecule has 2 unspecified atom stereocenters. The molecule has 0 aliphatic heterocycles. The van der Waals surface area contributed by atoms with E-state index in [1.807, 2.05) is 0 Å². The van der Waals surface area contributed by atoms with Crippen LogP contribution in [0, 0.1) is 23.2 Å². The Morgan fingerprint density at radius 3 is 2.37 bits per heavy atom. The lowest BCUT2D eigenvalue weighted by atomic mass is 9.73. The Morgan fingerprint density at radius 2 is 1.89 bits per heavy atom. The molecule has 1 rings (SSSR count). The minimum atomic E-state index is 0.269. The van der Waals surface area contributed by atoms with Gasteiger partial charge in [0.15, 0.2) is 0 Å². The first kappa shape index (κ1) is 24.2. The van der Waals surface area contributed by atoms with Crippen LogP contribution < -0.4 is 5.73 Å². The Morgan fingerprint density at radius 1 is 1.22 bits per heavy atom. The van der Waals surface area contributed by atoms with Crippen molar-refractivity contribution >= 4 is 0 Å². The molecule has 1 aliphatic rings. The minimum absolute atomic E-state index is 0.269. The summed E-state index contributed by atoms with van der Waals surface area (Å²) in [6, 6.07) is 0. The summed E-state index contributed by atoms with van der Waals surface area (Å²) < 4.78 is 0. The highest BCUT2D eigenvalue weighted by Crippen LogP contribution is 2.42. The molecule has 2 N–H and O–H groups in total. The molecule has 0 aromatic rings. The van der Waals surface area contributed by atoms with E-state index in [1.54, 1.807) is 5.57 Å². The lowest BCUT2D eigenvalue weighted by molar-refractivity contribution is 0.293. The van der Waals surface area contributed by atoms with Gasteiger partial charge in [-0.05, 0) is 69.1 Å². The quantitative estimate of drug-likeness (QED) is 0.243. The van der Waals surface area contributed by atoms with Crippen molar-refractivity contribution in [2.45, 2.75) is 99.3 Å². The predicted octanol–water partition coefficient (Wildman–Crippen LogP) is 7.83. The summed E-state index contributed by atoms with van der Waals surface area (Å²) in [5, 5.41) is 0. The Labute approximate surface area is 170 Å². The lowest BCUT2D eigenvalue weighted by Gasteiger charge is -2.32. The first-order chi connectivity index (χ1) is 12.7. The van der Waals surface area contributed by atoms with Gasteiger partial charge >= 0.3 is 0 Å². The molecule has 1 heteroatoms. The lowest BCUT2D eigenvalue weighted by Crippen LogP contribution is -2.20. The summed E-state index contributed by atoms with van der Waals surface area (Å²) in [6.07, 6.45) is 16.5. The summed E-state index contributed by atoms with van der Waals surface area (Å²) in [5.41, 5.74) is 10.5. The van der Waals surface area contributed by atoms with Crippen LogP contribution in [0.1, 0.15) is 99.3 Å². The van der Waals surface area contributed by atoms with Crippen molar-refractivity contribution in [3.8, 4) is 0 Å². The molecule has 0 saturated heterocycles. The van der Waals surface area contributed by atoms with Crippen LogP contribution in [0.5, 0.6) is 0 Å².